The molecule has 0 unspecified atom stereocenters. The van der Waals surface area contributed by atoms with Crippen LogP contribution in [0.15, 0.2) is 218 Å². The molecule has 262 valence electrons. The summed E-state index contributed by atoms with van der Waals surface area (Å²) in [6.07, 6.45) is 0. The second-order valence-corrected chi connectivity index (χ2v) is 11.8. The van der Waals surface area contributed by atoms with Crippen LogP contribution >= 0.6 is 0 Å². The van der Waals surface area contributed by atoms with Crippen LogP contribution in [0.25, 0.3) is 99.5 Å². The van der Waals surface area contributed by atoms with E-state index in [1.54, 1.807) is 0 Å². The zero-order valence-corrected chi connectivity index (χ0v) is 27.9. The number of rotatable bonds is 6. The van der Waals surface area contributed by atoms with Gasteiger partial charge >= 0.3 is 0 Å². The van der Waals surface area contributed by atoms with Crippen LogP contribution in [0.4, 0.5) is 0 Å². The van der Waals surface area contributed by atoms with Crippen molar-refractivity contribution in [2.24, 2.45) is 0 Å². The summed E-state index contributed by atoms with van der Waals surface area (Å²) in [5.74, 6) is 0. The topological polar surface area (TPSA) is 9.86 Å². The average Bonchev–Trinajstić information content (AvgIpc) is 1.51. The number of hydrogen-bond acceptors (Lipinski definition) is 0. The van der Waals surface area contributed by atoms with E-state index in [1.807, 2.05) is 0 Å². The van der Waals surface area contributed by atoms with E-state index < -0.39 is 317 Å². The van der Waals surface area contributed by atoms with Gasteiger partial charge in [0.25, 0.3) is 0 Å². The molecule has 2 nitrogen and oxygen atoms in total. The molecule has 0 amide bonds. The van der Waals surface area contributed by atoms with E-state index in [2.05, 4.69) is 0 Å². The van der Waals surface area contributed by atoms with E-state index in [1.165, 1.54) is 0 Å². The molecule has 2 heterocycles. The van der Waals surface area contributed by atoms with Crippen LogP contribution in [-0.2, 0) is 0 Å². The van der Waals surface area contributed by atoms with E-state index >= 15 is 0 Å². The molecule has 0 fully saturated rings. The molecule has 56 heavy (non-hydrogen) atoms. The van der Waals surface area contributed by atoms with E-state index in [0.717, 1.165) is 0 Å². The highest BCUT2D eigenvalue weighted by Crippen LogP contribution is 2.39. The van der Waals surface area contributed by atoms with Gasteiger partial charge in [-0.05, 0) is 111 Å². The first-order valence-electron chi connectivity index (χ1n) is 34.3. The Bertz CT molecular complexity index is 5260. The van der Waals surface area contributed by atoms with Crippen molar-refractivity contribution in [3.63, 3.8) is 0 Å². The third kappa shape index (κ3) is 5.34. The number of aromatic nitrogens is 2. The van der Waals surface area contributed by atoms with Crippen LogP contribution in [0.5, 0.6) is 0 Å². The summed E-state index contributed by atoms with van der Waals surface area (Å²) in [5, 5.41) is -2.87. The molecule has 0 saturated carbocycles. The Morgan fingerprint density at radius 3 is 1.16 bits per heavy atom. The molecule has 0 aliphatic carbocycles. The lowest BCUT2D eigenvalue weighted by Crippen LogP contribution is -1.94. The molecule has 9 aromatic carbocycles. The highest BCUT2D eigenvalue weighted by Gasteiger charge is 2.16. The molecule has 0 radical (unpaired) electrons. The molecule has 11 aromatic rings. The molecule has 2 aromatic heterocycles. The SMILES string of the molecule is [2H]c1c([2H])c([2H])c(-c2c([2H])c([2H])c([2H])c(-c3c([2H])c([2H])c(-n4c5c([2H])c([2H])c([2H])c([2H])c5c5c([2H])c(-c6c([2H])c([2H])c7c(c6[2H])c6c([2H])c([2H])c([2H])c([2H])c6n7-c6c([2H])c([2H])c([2H])c(-c7c([2H])c([2H])c([2H])c([2H])c7[2H])c6[2H])c([2H])c([2H])c54)c([2H])c3[2H])c2[2H])c([2H])c1[2H]. The fraction of sp³-hybridized carbons (Fsp3) is 0. The van der Waals surface area contributed by atoms with Crippen LogP contribution in [0.1, 0.15) is 49.3 Å². The van der Waals surface area contributed by atoms with E-state index in [-0.39, 0.29) is 0 Å². The molecular weight excluding hydrogens is 677 g/mol. The minimum Gasteiger partial charge on any atom is -0.309 e. The van der Waals surface area contributed by atoms with Gasteiger partial charge in [-0.3, -0.25) is 0 Å². The third-order valence-electron chi connectivity index (χ3n) is 8.61. The van der Waals surface area contributed by atoms with Crippen molar-refractivity contribution >= 4 is 43.6 Å². The third-order valence-corrected chi connectivity index (χ3v) is 8.61. The second kappa shape index (κ2) is 13.2. The monoisotopic (exact) mass is 749 g/mol. The first-order chi connectivity index (χ1) is 42.8. The summed E-state index contributed by atoms with van der Waals surface area (Å²) < 4.78 is 326. The summed E-state index contributed by atoms with van der Waals surface area (Å²) >= 11 is 0. The summed E-state index contributed by atoms with van der Waals surface area (Å²) in [4.78, 5) is 0. The maximum absolute atomic E-state index is 9.96. The molecule has 2 heteroatoms. The minimum atomic E-state index is -1.17. The Morgan fingerprint density at radius 2 is 0.607 bits per heavy atom. The maximum Gasteiger partial charge on any atom is 0.0651 e. The standard InChI is InChI=1S/C54H36N2/c1-3-13-37(14-4-1)40-17-11-18-41(33-40)39-25-29-45(30-26-39)55-51-23-9-7-21-47(51)49-35-43(27-31-53(49)55)44-28-32-54-50(36-44)48-22-8-10-24-52(48)56(54)46-20-12-19-42(34-46)38-15-5-2-6-16-38/h1-36H/i1D,2D,3D,4D,5D,6D,7D,8D,9D,10D,11D,12D,13D,14D,15D,16D,17D,18D,19D,20D,21D,22D,23D,24D,25D,26D,27D,28D,29D,30D,31D,32D,33D,34D,35D,36D. The van der Waals surface area contributed by atoms with Gasteiger partial charge in [0.15, 0.2) is 0 Å². The highest BCUT2D eigenvalue weighted by molar-refractivity contribution is 6.12. The highest BCUT2D eigenvalue weighted by atomic mass is 15.0. The molecule has 0 atom stereocenters. The van der Waals surface area contributed by atoms with Gasteiger partial charge in [0.05, 0.1) is 71.4 Å². The van der Waals surface area contributed by atoms with Crippen molar-refractivity contribution in [2.45, 2.75) is 0 Å². The zero-order chi connectivity index (χ0) is 68.3. The summed E-state index contributed by atoms with van der Waals surface area (Å²) in [6.45, 7) is 0. The van der Waals surface area contributed by atoms with Crippen molar-refractivity contribution in [2.75, 3.05) is 0 Å². The lowest BCUT2D eigenvalue weighted by Gasteiger charge is -2.11. The van der Waals surface area contributed by atoms with Crippen molar-refractivity contribution < 1.29 is 49.3 Å². The lowest BCUT2D eigenvalue weighted by atomic mass is 9.99. The van der Waals surface area contributed by atoms with Crippen molar-refractivity contribution in [3.8, 4) is 55.9 Å². The van der Waals surface area contributed by atoms with E-state index in [9.17, 15) is 23.3 Å². The Morgan fingerprint density at radius 1 is 0.232 bits per heavy atom. The van der Waals surface area contributed by atoms with Crippen LogP contribution in [0, 0.1) is 0 Å². The van der Waals surface area contributed by atoms with Crippen LogP contribution < -0.4 is 0 Å². The molecule has 0 saturated heterocycles. The van der Waals surface area contributed by atoms with Gasteiger partial charge in [-0.2, -0.15) is 0 Å². The number of fused-ring (bicyclic) bond motifs is 6. The Hall–Kier alpha value is -7.42. The van der Waals surface area contributed by atoms with Crippen molar-refractivity contribution in [1.29, 1.82) is 0 Å². The Kier molecular flexibility index (Phi) is 2.89. The fourth-order valence-electron chi connectivity index (χ4n) is 6.18. The van der Waals surface area contributed by atoms with Gasteiger partial charge in [0.1, 0.15) is 0 Å². The number of hydrogen-bond donors (Lipinski definition) is 0. The molecule has 0 spiro atoms. The zero-order valence-electron chi connectivity index (χ0n) is 63.9. The largest absolute Gasteiger partial charge is 0.309 e. The predicted molar refractivity (Wildman–Crippen MR) is 237 cm³/mol. The predicted octanol–water partition coefficient (Wildman–Crippen LogP) is 14.5. The van der Waals surface area contributed by atoms with Gasteiger partial charge < -0.3 is 9.13 Å². The fourth-order valence-corrected chi connectivity index (χ4v) is 6.18. The molecule has 0 aliphatic rings. The van der Waals surface area contributed by atoms with Gasteiger partial charge in [0.2, 0.25) is 0 Å². The van der Waals surface area contributed by atoms with Crippen LogP contribution in [0.3, 0.4) is 0 Å². The summed E-state index contributed by atoms with van der Waals surface area (Å²) in [6, 6.07) is -36.9. The summed E-state index contributed by atoms with van der Waals surface area (Å²) in [7, 11) is 0. The number of benzene rings is 9. The first-order valence-corrected chi connectivity index (χ1v) is 16.3. The molecule has 0 bridgehead atoms. The van der Waals surface area contributed by atoms with Gasteiger partial charge in [-0.25, -0.2) is 0 Å². The quantitative estimate of drug-likeness (QED) is 0.160. The average molecular weight is 749 g/mol. The Labute approximate surface area is 376 Å². The van der Waals surface area contributed by atoms with E-state index in [4.69, 9.17) is 26.0 Å². The van der Waals surface area contributed by atoms with Gasteiger partial charge in [0, 0.05) is 32.9 Å². The van der Waals surface area contributed by atoms with Crippen LogP contribution in [-0.4, -0.2) is 9.13 Å². The van der Waals surface area contributed by atoms with Gasteiger partial charge in [-0.15, -0.1) is 0 Å². The lowest BCUT2D eigenvalue weighted by molar-refractivity contribution is 1.18. The van der Waals surface area contributed by atoms with Crippen molar-refractivity contribution in [3.05, 3.63) is 218 Å². The second-order valence-electron chi connectivity index (χ2n) is 11.8. The number of para-hydroxylation sites is 2. The first kappa shape index (κ1) is 12.3. The van der Waals surface area contributed by atoms with Crippen LogP contribution in [0.2, 0.25) is 0 Å². The smallest absolute Gasteiger partial charge is 0.0651 e. The van der Waals surface area contributed by atoms with Gasteiger partial charge in [-0.1, -0.05) is 151 Å². The Balaban J connectivity index is 1.26. The molecule has 11 rings (SSSR count). The maximum atomic E-state index is 9.96. The molecule has 0 aliphatic heterocycles. The summed E-state index contributed by atoms with van der Waals surface area (Å²) in [5.41, 5.74) is -11.9. The minimum absolute atomic E-state index is 0.615. The molecular formula is C54H36N2. The normalized spacial score (nSPS) is 20.6. The molecule has 0 N–H and O–H groups in total. The number of nitrogens with zero attached hydrogens (tertiary/aromatic N) is 2. The van der Waals surface area contributed by atoms with E-state index in [0.29, 0.717) is 9.13 Å². The van der Waals surface area contributed by atoms with Crippen molar-refractivity contribution in [1.82, 2.24) is 9.13 Å².